The molecule has 0 radical (unpaired) electrons. The Morgan fingerprint density at radius 2 is 1.50 bits per heavy atom. The number of amides is 2. The summed E-state index contributed by atoms with van der Waals surface area (Å²) in [7, 11) is 4.54. The van der Waals surface area contributed by atoms with Crippen LogP contribution >= 0.6 is 11.6 Å². The van der Waals surface area contributed by atoms with Crippen LogP contribution in [0.4, 0.5) is 11.4 Å². The van der Waals surface area contributed by atoms with Crippen LogP contribution in [0.2, 0.25) is 5.02 Å². The van der Waals surface area contributed by atoms with Gasteiger partial charge in [0.2, 0.25) is 11.8 Å². The highest BCUT2D eigenvalue weighted by molar-refractivity contribution is 6.32. The van der Waals surface area contributed by atoms with Crippen molar-refractivity contribution >= 4 is 34.8 Å². The molecule has 0 bridgehead atoms. The van der Waals surface area contributed by atoms with E-state index in [1.165, 1.54) is 14.2 Å². The van der Waals surface area contributed by atoms with E-state index in [2.05, 4.69) is 10.6 Å². The molecule has 162 valence electrons. The third kappa shape index (κ3) is 6.53. The van der Waals surface area contributed by atoms with E-state index in [0.717, 1.165) is 0 Å². The summed E-state index contributed by atoms with van der Waals surface area (Å²) < 4.78 is 15.5. The Bertz CT molecular complexity index is 874. The lowest BCUT2D eigenvalue weighted by molar-refractivity contribution is -0.119. The van der Waals surface area contributed by atoms with E-state index < -0.39 is 0 Å². The number of ether oxygens (including phenoxy) is 3. The molecule has 9 heteroatoms. The van der Waals surface area contributed by atoms with Gasteiger partial charge in [-0.05, 0) is 30.8 Å². The third-order valence-electron chi connectivity index (χ3n) is 4.30. The molecule has 0 saturated heterocycles. The van der Waals surface area contributed by atoms with E-state index in [1.807, 2.05) is 6.92 Å². The first-order valence-corrected chi connectivity index (χ1v) is 9.65. The van der Waals surface area contributed by atoms with E-state index in [4.69, 9.17) is 25.8 Å². The highest BCUT2D eigenvalue weighted by Gasteiger charge is 2.16. The third-order valence-corrected chi connectivity index (χ3v) is 4.60. The van der Waals surface area contributed by atoms with Gasteiger partial charge >= 0.3 is 0 Å². The van der Waals surface area contributed by atoms with Crippen LogP contribution in [0.3, 0.4) is 0 Å². The van der Waals surface area contributed by atoms with E-state index in [-0.39, 0.29) is 24.9 Å². The van der Waals surface area contributed by atoms with Crippen LogP contribution in [0, 0.1) is 0 Å². The van der Waals surface area contributed by atoms with Gasteiger partial charge in [-0.1, -0.05) is 18.5 Å². The summed E-state index contributed by atoms with van der Waals surface area (Å²) in [4.78, 5) is 26.6. The molecule has 2 rings (SSSR count). The standard InChI is InChI=1S/C21H26ClN3O5/c1-5-25(12-20(26)23-14-6-8-15(28-2)9-7-14)13-21(27)24-17-11-18(29-3)16(22)10-19(17)30-4/h6-11H,5,12-13H2,1-4H3,(H,23,26)(H,24,27). The van der Waals surface area contributed by atoms with Gasteiger partial charge in [-0.3, -0.25) is 14.5 Å². The fourth-order valence-electron chi connectivity index (χ4n) is 2.71. The van der Waals surface area contributed by atoms with Crippen molar-refractivity contribution in [3.8, 4) is 17.2 Å². The molecule has 2 N–H and O–H groups in total. The molecule has 0 heterocycles. The fraction of sp³-hybridized carbons (Fsp3) is 0.333. The number of rotatable bonds is 10. The van der Waals surface area contributed by atoms with Crippen molar-refractivity contribution in [1.82, 2.24) is 4.90 Å². The van der Waals surface area contributed by atoms with Crippen LogP contribution in [0.15, 0.2) is 36.4 Å². The molecule has 0 aromatic heterocycles. The quantitative estimate of drug-likeness (QED) is 0.595. The van der Waals surface area contributed by atoms with E-state index in [0.29, 0.717) is 40.2 Å². The van der Waals surface area contributed by atoms with Gasteiger partial charge in [0.1, 0.15) is 17.2 Å². The lowest BCUT2D eigenvalue weighted by Gasteiger charge is -2.20. The topological polar surface area (TPSA) is 89.1 Å². The Morgan fingerprint density at radius 3 is 2.03 bits per heavy atom. The molecule has 2 aromatic carbocycles. The minimum Gasteiger partial charge on any atom is -0.497 e. The van der Waals surface area contributed by atoms with Crippen molar-refractivity contribution in [2.24, 2.45) is 0 Å². The SMILES string of the molecule is CCN(CC(=O)Nc1ccc(OC)cc1)CC(=O)Nc1cc(OC)c(Cl)cc1OC. The average molecular weight is 436 g/mol. The smallest absolute Gasteiger partial charge is 0.238 e. The van der Waals surface area contributed by atoms with E-state index >= 15 is 0 Å². The molecule has 30 heavy (non-hydrogen) atoms. The number of carbonyl (C=O) groups is 2. The first kappa shape index (κ1) is 23.3. The first-order chi connectivity index (χ1) is 14.4. The first-order valence-electron chi connectivity index (χ1n) is 9.27. The number of hydrogen-bond donors (Lipinski definition) is 2. The molecule has 2 amide bonds. The summed E-state index contributed by atoms with van der Waals surface area (Å²) >= 11 is 6.09. The van der Waals surface area contributed by atoms with Crippen LogP contribution < -0.4 is 24.8 Å². The maximum absolute atomic E-state index is 12.5. The molecule has 2 aromatic rings. The summed E-state index contributed by atoms with van der Waals surface area (Å²) in [5, 5.41) is 5.95. The molecule has 0 aliphatic rings. The minimum absolute atomic E-state index is 0.0284. The lowest BCUT2D eigenvalue weighted by atomic mass is 10.2. The Morgan fingerprint density at radius 1 is 0.900 bits per heavy atom. The predicted molar refractivity (Wildman–Crippen MR) is 117 cm³/mol. The zero-order valence-electron chi connectivity index (χ0n) is 17.5. The number of hydrogen-bond acceptors (Lipinski definition) is 6. The van der Waals surface area contributed by atoms with Gasteiger partial charge in [0.15, 0.2) is 0 Å². The molecule has 8 nitrogen and oxygen atoms in total. The number of halogens is 1. The number of nitrogens with one attached hydrogen (secondary N) is 2. The average Bonchev–Trinajstić information content (AvgIpc) is 2.74. The Labute approximate surface area is 181 Å². The maximum atomic E-state index is 12.5. The number of methoxy groups -OCH3 is 3. The van der Waals surface area contributed by atoms with Crippen molar-refractivity contribution in [3.05, 3.63) is 41.4 Å². The van der Waals surface area contributed by atoms with Crippen molar-refractivity contribution in [3.63, 3.8) is 0 Å². The van der Waals surface area contributed by atoms with Gasteiger partial charge in [0.05, 0.1) is 45.1 Å². The molecular weight excluding hydrogens is 410 g/mol. The molecule has 0 spiro atoms. The molecule has 0 fully saturated rings. The van der Waals surface area contributed by atoms with Gasteiger partial charge in [0, 0.05) is 17.8 Å². The van der Waals surface area contributed by atoms with Gasteiger partial charge < -0.3 is 24.8 Å². The zero-order valence-corrected chi connectivity index (χ0v) is 18.2. The Kier molecular flexibility index (Phi) is 8.76. The number of benzene rings is 2. The normalized spacial score (nSPS) is 10.5. The summed E-state index contributed by atoms with van der Waals surface area (Å²) in [5.74, 6) is 1.01. The highest BCUT2D eigenvalue weighted by atomic mass is 35.5. The Balaban J connectivity index is 1.96. The highest BCUT2D eigenvalue weighted by Crippen LogP contribution is 2.35. The van der Waals surface area contributed by atoms with Crippen LogP contribution in [0.25, 0.3) is 0 Å². The second-order valence-corrected chi connectivity index (χ2v) is 6.72. The number of carbonyl (C=O) groups excluding carboxylic acids is 2. The summed E-state index contributed by atoms with van der Waals surface area (Å²) in [6.07, 6.45) is 0. The molecule has 0 aliphatic carbocycles. The van der Waals surface area contributed by atoms with Crippen LogP contribution in [-0.2, 0) is 9.59 Å². The lowest BCUT2D eigenvalue weighted by Crippen LogP contribution is -2.38. The largest absolute Gasteiger partial charge is 0.497 e. The monoisotopic (exact) mass is 435 g/mol. The molecule has 0 aliphatic heterocycles. The van der Waals surface area contributed by atoms with Crippen LogP contribution in [-0.4, -0.2) is 57.7 Å². The van der Waals surface area contributed by atoms with Gasteiger partial charge in [-0.2, -0.15) is 0 Å². The van der Waals surface area contributed by atoms with E-state index in [1.54, 1.807) is 48.4 Å². The minimum atomic E-state index is -0.295. The van der Waals surface area contributed by atoms with Gasteiger partial charge in [-0.15, -0.1) is 0 Å². The van der Waals surface area contributed by atoms with Gasteiger partial charge in [-0.25, -0.2) is 0 Å². The molecule has 0 atom stereocenters. The zero-order chi connectivity index (χ0) is 22.1. The Hall–Kier alpha value is -2.97. The number of nitrogens with zero attached hydrogens (tertiary/aromatic N) is 1. The van der Waals surface area contributed by atoms with Crippen molar-refractivity contribution < 1.29 is 23.8 Å². The van der Waals surface area contributed by atoms with Crippen molar-refractivity contribution in [2.75, 3.05) is 51.6 Å². The fourth-order valence-corrected chi connectivity index (χ4v) is 2.94. The number of anilines is 2. The summed E-state index contributed by atoms with van der Waals surface area (Å²) in [6.45, 7) is 2.49. The molecular formula is C21H26ClN3O5. The van der Waals surface area contributed by atoms with Crippen LogP contribution in [0.1, 0.15) is 6.92 Å². The van der Waals surface area contributed by atoms with Crippen molar-refractivity contribution in [1.29, 1.82) is 0 Å². The number of likely N-dealkylation sites (N-methyl/N-ethyl adjacent to an activating group) is 1. The van der Waals surface area contributed by atoms with Gasteiger partial charge in [0.25, 0.3) is 0 Å². The van der Waals surface area contributed by atoms with E-state index in [9.17, 15) is 9.59 Å². The molecule has 0 saturated carbocycles. The van der Waals surface area contributed by atoms with Crippen LogP contribution in [0.5, 0.6) is 17.2 Å². The second kappa shape index (κ2) is 11.3. The maximum Gasteiger partial charge on any atom is 0.238 e. The predicted octanol–water partition coefficient (Wildman–Crippen LogP) is 3.26. The van der Waals surface area contributed by atoms with Crippen molar-refractivity contribution in [2.45, 2.75) is 6.92 Å². The summed E-state index contributed by atoms with van der Waals surface area (Å²) in [6, 6.07) is 10.2. The molecule has 0 unspecified atom stereocenters. The summed E-state index contributed by atoms with van der Waals surface area (Å²) in [5.41, 5.74) is 1.08. The second-order valence-electron chi connectivity index (χ2n) is 6.32.